The largest absolute Gasteiger partial charge is 0.496 e. The molecule has 0 saturated heterocycles. The second-order valence-electron chi connectivity index (χ2n) is 8.37. The highest BCUT2D eigenvalue weighted by atomic mass is 35.5. The van der Waals surface area contributed by atoms with Gasteiger partial charge in [0.1, 0.15) is 23.3 Å². The number of halogens is 1. The lowest BCUT2D eigenvalue weighted by atomic mass is 10.1. The molecule has 2 amide bonds. The molecule has 8 heteroatoms. The zero-order valence-electron chi connectivity index (χ0n) is 19.4. The molecule has 0 bridgehead atoms. The predicted molar refractivity (Wildman–Crippen MR) is 124 cm³/mol. The number of hydrogen-bond acceptors (Lipinski definition) is 5. The van der Waals surface area contributed by atoms with Crippen molar-refractivity contribution in [3.8, 4) is 17.2 Å². The summed E-state index contributed by atoms with van der Waals surface area (Å²) in [6.45, 7) is 7.24. The van der Waals surface area contributed by atoms with E-state index in [0.29, 0.717) is 22.3 Å². The van der Waals surface area contributed by atoms with Gasteiger partial charge in [-0.3, -0.25) is 9.59 Å². The molecule has 0 heterocycles. The summed E-state index contributed by atoms with van der Waals surface area (Å²) in [5.41, 5.74) is 0.305. The van der Waals surface area contributed by atoms with Crippen LogP contribution in [0.4, 0.5) is 0 Å². The molecule has 174 valence electrons. The first-order valence-corrected chi connectivity index (χ1v) is 10.6. The normalized spacial score (nSPS) is 12.0. The Hall–Kier alpha value is -2.93. The summed E-state index contributed by atoms with van der Waals surface area (Å²) < 4.78 is 16.2. The molecule has 2 rings (SSSR count). The van der Waals surface area contributed by atoms with Crippen molar-refractivity contribution in [2.75, 3.05) is 20.8 Å². The van der Waals surface area contributed by atoms with E-state index >= 15 is 0 Å². The van der Waals surface area contributed by atoms with Gasteiger partial charge in [-0.15, -0.1) is 0 Å². The molecular weight excluding hydrogens is 432 g/mol. The molecule has 0 radical (unpaired) electrons. The lowest BCUT2D eigenvalue weighted by molar-refractivity contribution is -0.142. The molecule has 0 aliphatic rings. The van der Waals surface area contributed by atoms with Crippen molar-refractivity contribution in [3.05, 3.63) is 53.1 Å². The lowest BCUT2D eigenvalue weighted by Crippen LogP contribution is -2.53. The minimum atomic E-state index is -0.735. The molecule has 32 heavy (non-hydrogen) atoms. The highest BCUT2D eigenvalue weighted by molar-refractivity contribution is 6.31. The van der Waals surface area contributed by atoms with Gasteiger partial charge < -0.3 is 24.4 Å². The molecule has 0 saturated carbocycles. The molecular formula is C24H31ClN2O5. The molecule has 0 unspecified atom stereocenters. The Morgan fingerprint density at radius 1 is 1.03 bits per heavy atom. The molecule has 2 aromatic carbocycles. The van der Waals surface area contributed by atoms with Crippen LogP contribution >= 0.6 is 11.6 Å². The van der Waals surface area contributed by atoms with E-state index in [-0.39, 0.29) is 25.0 Å². The van der Waals surface area contributed by atoms with Crippen molar-refractivity contribution in [2.24, 2.45) is 0 Å². The minimum absolute atomic E-state index is 0.169. The summed E-state index contributed by atoms with van der Waals surface area (Å²) in [6, 6.07) is 11.5. The number of nitrogens with one attached hydrogen (secondary N) is 1. The van der Waals surface area contributed by atoms with E-state index < -0.39 is 11.6 Å². The van der Waals surface area contributed by atoms with Crippen molar-refractivity contribution in [1.82, 2.24) is 10.2 Å². The fraction of sp³-hybridized carbons (Fsp3) is 0.417. The van der Waals surface area contributed by atoms with E-state index in [4.69, 9.17) is 25.8 Å². The predicted octanol–water partition coefficient (Wildman–Crippen LogP) is 4.07. The van der Waals surface area contributed by atoms with Crippen LogP contribution in [0.3, 0.4) is 0 Å². The maximum atomic E-state index is 13.2. The monoisotopic (exact) mass is 462 g/mol. The molecule has 0 aliphatic heterocycles. The second kappa shape index (κ2) is 11.1. The Morgan fingerprint density at radius 2 is 1.59 bits per heavy atom. The summed E-state index contributed by atoms with van der Waals surface area (Å²) in [5.74, 6) is 0.874. The van der Waals surface area contributed by atoms with Gasteiger partial charge in [0.2, 0.25) is 5.91 Å². The molecule has 0 aromatic heterocycles. The van der Waals surface area contributed by atoms with E-state index in [1.165, 1.54) is 19.1 Å². The first kappa shape index (κ1) is 25.3. The zero-order valence-corrected chi connectivity index (χ0v) is 20.2. The van der Waals surface area contributed by atoms with Crippen LogP contribution in [0.15, 0.2) is 42.5 Å². The third kappa shape index (κ3) is 7.34. The molecule has 0 aliphatic carbocycles. The fourth-order valence-corrected chi connectivity index (χ4v) is 3.15. The van der Waals surface area contributed by atoms with Crippen molar-refractivity contribution in [2.45, 2.75) is 45.8 Å². The Balaban J connectivity index is 2.23. The lowest BCUT2D eigenvalue weighted by Gasteiger charge is -2.31. The quantitative estimate of drug-likeness (QED) is 0.607. The number of rotatable bonds is 9. The first-order chi connectivity index (χ1) is 15.0. The van der Waals surface area contributed by atoms with Crippen LogP contribution in [0.5, 0.6) is 17.2 Å². The minimum Gasteiger partial charge on any atom is -0.496 e. The van der Waals surface area contributed by atoms with Crippen molar-refractivity contribution in [3.63, 3.8) is 0 Å². The van der Waals surface area contributed by atoms with Crippen LogP contribution in [-0.2, 0) is 16.1 Å². The standard InChI is InChI=1S/C24H31ClN2O5/c1-16(23(29)26-24(2,3)4)27(14-17-9-7-8-10-21(17)25)22(28)15-32-20-12-18(30-5)11-19(13-20)31-6/h7-13,16H,14-15H2,1-6H3,(H,26,29)/t16-/m1/s1. The van der Waals surface area contributed by atoms with Crippen LogP contribution in [0.25, 0.3) is 0 Å². The average molecular weight is 463 g/mol. The Bertz CT molecular complexity index is 920. The molecule has 0 fully saturated rings. The van der Waals surface area contributed by atoms with Gasteiger partial charge in [-0.25, -0.2) is 0 Å². The van der Waals surface area contributed by atoms with Gasteiger partial charge in [-0.05, 0) is 39.3 Å². The van der Waals surface area contributed by atoms with Gasteiger partial charge >= 0.3 is 0 Å². The SMILES string of the molecule is COc1cc(OC)cc(OCC(=O)N(Cc2ccccc2Cl)[C@H](C)C(=O)NC(C)(C)C)c1. The highest BCUT2D eigenvalue weighted by Crippen LogP contribution is 2.27. The van der Waals surface area contributed by atoms with Gasteiger partial charge in [0.05, 0.1) is 14.2 Å². The average Bonchev–Trinajstić information content (AvgIpc) is 2.74. The maximum Gasteiger partial charge on any atom is 0.261 e. The number of amides is 2. The number of carbonyl (C=O) groups is 2. The van der Waals surface area contributed by atoms with Crippen LogP contribution in [0.1, 0.15) is 33.3 Å². The number of nitrogens with zero attached hydrogens (tertiary/aromatic N) is 1. The van der Waals surface area contributed by atoms with E-state index in [9.17, 15) is 9.59 Å². The van der Waals surface area contributed by atoms with Crippen LogP contribution in [0, 0.1) is 0 Å². The van der Waals surface area contributed by atoms with Crippen molar-refractivity contribution in [1.29, 1.82) is 0 Å². The second-order valence-corrected chi connectivity index (χ2v) is 8.77. The highest BCUT2D eigenvalue weighted by Gasteiger charge is 2.29. The van der Waals surface area contributed by atoms with Gasteiger partial charge in [-0.1, -0.05) is 29.8 Å². The Kier molecular flexibility index (Phi) is 8.78. The molecule has 2 aromatic rings. The Labute approximate surface area is 194 Å². The van der Waals surface area contributed by atoms with Crippen molar-refractivity contribution >= 4 is 23.4 Å². The fourth-order valence-electron chi connectivity index (χ4n) is 2.96. The maximum absolute atomic E-state index is 13.2. The number of methoxy groups -OCH3 is 2. The number of ether oxygens (including phenoxy) is 3. The molecule has 7 nitrogen and oxygen atoms in total. The summed E-state index contributed by atoms with van der Waals surface area (Å²) in [7, 11) is 3.06. The van der Waals surface area contributed by atoms with Crippen LogP contribution in [-0.4, -0.2) is 49.1 Å². The molecule has 1 atom stereocenters. The van der Waals surface area contributed by atoms with E-state index in [0.717, 1.165) is 5.56 Å². The van der Waals surface area contributed by atoms with E-state index in [1.807, 2.05) is 39.0 Å². The smallest absolute Gasteiger partial charge is 0.261 e. The van der Waals surface area contributed by atoms with Crippen molar-refractivity contribution < 1.29 is 23.8 Å². The summed E-state index contributed by atoms with van der Waals surface area (Å²) in [6.07, 6.45) is 0. The number of carbonyl (C=O) groups excluding carboxylic acids is 2. The van der Waals surface area contributed by atoms with E-state index in [2.05, 4.69) is 5.32 Å². The summed E-state index contributed by atoms with van der Waals surface area (Å²) in [5, 5.41) is 3.44. The third-order valence-electron chi connectivity index (χ3n) is 4.65. The first-order valence-electron chi connectivity index (χ1n) is 10.2. The van der Waals surface area contributed by atoms with Gasteiger partial charge in [0.25, 0.3) is 5.91 Å². The number of hydrogen-bond donors (Lipinski definition) is 1. The topological polar surface area (TPSA) is 77.1 Å². The summed E-state index contributed by atoms with van der Waals surface area (Å²) in [4.78, 5) is 27.4. The summed E-state index contributed by atoms with van der Waals surface area (Å²) >= 11 is 6.31. The van der Waals surface area contributed by atoms with Crippen LogP contribution in [0.2, 0.25) is 5.02 Å². The van der Waals surface area contributed by atoms with Crippen LogP contribution < -0.4 is 19.5 Å². The molecule has 0 spiro atoms. The molecule has 1 N–H and O–H groups in total. The Morgan fingerprint density at radius 3 is 2.12 bits per heavy atom. The van der Waals surface area contributed by atoms with E-state index in [1.54, 1.807) is 31.2 Å². The van der Waals surface area contributed by atoms with Gasteiger partial charge in [-0.2, -0.15) is 0 Å². The third-order valence-corrected chi connectivity index (χ3v) is 5.02. The van der Waals surface area contributed by atoms with Gasteiger partial charge in [0, 0.05) is 35.3 Å². The van der Waals surface area contributed by atoms with Gasteiger partial charge in [0.15, 0.2) is 6.61 Å². The number of benzene rings is 2. The zero-order chi connectivity index (χ0) is 23.9.